The van der Waals surface area contributed by atoms with E-state index in [0.717, 1.165) is 11.3 Å². The molecule has 0 fully saturated rings. The fourth-order valence-electron chi connectivity index (χ4n) is 2.72. The van der Waals surface area contributed by atoms with E-state index in [1.54, 1.807) is 17.0 Å². The van der Waals surface area contributed by atoms with Crippen molar-refractivity contribution in [1.29, 1.82) is 0 Å². The van der Waals surface area contributed by atoms with E-state index in [0.29, 0.717) is 38.2 Å². The van der Waals surface area contributed by atoms with E-state index >= 15 is 0 Å². The normalized spacial score (nSPS) is 10.5. The Morgan fingerprint density at radius 1 is 1.03 bits per heavy atom. The molecule has 0 aliphatic carbocycles. The molecule has 160 valence electrons. The van der Waals surface area contributed by atoms with Gasteiger partial charge in [-0.1, -0.05) is 12.1 Å². The quantitative estimate of drug-likeness (QED) is 0.296. The molecule has 9 nitrogen and oxygen atoms in total. The maximum Gasteiger partial charge on any atom is 0.269 e. The zero-order valence-corrected chi connectivity index (χ0v) is 17.2. The lowest BCUT2D eigenvalue weighted by molar-refractivity contribution is -0.384. The third-order valence-corrected chi connectivity index (χ3v) is 4.15. The van der Waals surface area contributed by atoms with Gasteiger partial charge in [-0.05, 0) is 50.3 Å². The third-order valence-electron chi connectivity index (χ3n) is 4.15. The molecule has 0 radical (unpaired) electrons. The number of hydrogen-bond donors (Lipinski definition) is 3. The Morgan fingerprint density at radius 3 is 2.43 bits per heavy atom. The summed E-state index contributed by atoms with van der Waals surface area (Å²) in [6.45, 7) is 1.26. The largest absolute Gasteiger partial charge is 0.385 e. The monoisotopic (exact) mass is 413 g/mol. The average molecular weight is 413 g/mol. The average Bonchev–Trinajstić information content (AvgIpc) is 2.69. The van der Waals surface area contributed by atoms with Crippen LogP contribution in [0, 0.1) is 10.1 Å². The molecule has 2 amide bonds. The van der Waals surface area contributed by atoms with E-state index in [9.17, 15) is 19.7 Å². The topological polar surface area (TPSA) is 117 Å². The number of carbonyl (C=O) groups is 2. The van der Waals surface area contributed by atoms with Crippen molar-refractivity contribution < 1.29 is 14.5 Å². The van der Waals surface area contributed by atoms with E-state index in [4.69, 9.17) is 0 Å². The maximum atomic E-state index is 12.0. The summed E-state index contributed by atoms with van der Waals surface area (Å²) in [6.07, 6.45) is 0.989. The van der Waals surface area contributed by atoms with Crippen LogP contribution < -0.4 is 16.0 Å². The van der Waals surface area contributed by atoms with Crippen LogP contribution in [-0.4, -0.2) is 48.8 Å². The van der Waals surface area contributed by atoms with Gasteiger partial charge in [0.1, 0.15) is 0 Å². The SMILES string of the molecule is CN(C)CC(=O)Nc1cccc(CNC(=O)CCCNc2ccc([N+](=O)[O-])cc2)c1. The molecule has 0 saturated carbocycles. The summed E-state index contributed by atoms with van der Waals surface area (Å²) < 4.78 is 0. The van der Waals surface area contributed by atoms with Crippen molar-refractivity contribution in [2.75, 3.05) is 37.8 Å². The molecular formula is C21H27N5O4. The van der Waals surface area contributed by atoms with Crippen LogP contribution in [0.3, 0.4) is 0 Å². The summed E-state index contributed by atoms with van der Waals surface area (Å²) in [5.41, 5.74) is 2.41. The van der Waals surface area contributed by atoms with Crippen LogP contribution in [0.2, 0.25) is 0 Å². The second-order valence-electron chi connectivity index (χ2n) is 7.10. The molecule has 2 aromatic rings. The zero-order chi connectivity index (χ0) is 21.9. The summed E-state index contributed by atoms with van der Waals surface area (Å²) in [4.78, 5) is 35.9. The highest BCUT2D eigenvalue weighted by atomic mass is 16.6. The number of carbonyl (C=O) groups excluding carboxylic acids is 2. The number of nitrogens with zero attached hydrogens (tertiary/aromatic N) is 2. The minimum absolute atomic E-state index is 0.0428. The molecule has 0 saturated heterocycles. The molecule has 0 atom stereocenters. The molecule has 3 N–H and O–H groups in total. The Kier molecular flexibility index (Phi) is 8.76. The molecular weight excluding hydrogens is 386 g/mol. The number of likely N-dealkylation sites (N-methyl/N-ethyl adjacent to an activating group) is 1. The number of nitro benzene ring substituents is 1. The molecule has 0 aromatic heterocycles. The van der Waals surface area contributed by atoms with E-state index in [1.807, 2.05) is 38.4 Å². The number of anilines is 2. The van der Waals surface area contributed by atoms with E-state index in [2.05, 4.69) is 16.0 Å². The highest BCUT2D eigenvalue weighted by Crippen LogP contribution is 2.15. The first-order valence-electron chi connectivity index (χ1n) is 9.62. The minimum Gasteiger partial charge on any atom is -0.385 e. The predicted molar refractivity (Wildman–Crippen MR) is 116 cm³/mol. The highest BCUT2D eigenvalue weighted by Gasteiger charge is 2.06. The van der Waals surface area contributed by atoms with Crippen molar-refractivity contribution in [3.05, 3.63) is 64.2 Å². The van der Waals surface area contributed by atoms with Gasteiger partial charge in [-0.15, -0.1) is 0 Å². The van der Waals surface area contributed by atoms with Gasteiger partial charge in [-0.25, -0.2) is 0 Å². The second-order valence-corrected chi connectivity index (χ2v) is 7.10. The number of benzene rings is 2. The van der Waals surface area contributed by atoms with Gasteiger partial charge < -0.3 is 20.9 Å². The van der Waals surface area contributed by atoms with Gasteiger partial charge in [0.15, 0.2) is 0 Å². The van der Waals surface area contributed by atoms with E-state index < -0.39 is 4.92 Å². The van der Waals surface area contributed by atoms with Crippen LogP contribution in [-0.2, 0) is 16.1 Å². The number of non-ortho nitro benzene ring substituents is 1. The fraction of sp³-hybridized carbons (Fsp3) is 0.333. The lowest BCUT2D eigenvalue weighted by atomic mass is 10.2. The van der Waals surface area contributed by atoms with Crippen molar-refractivity contribution in [2.45, 2.75) is 19.4 Å². The van der Waals surface area contributed by atoms with Crippen molar-refractivity contribution in [1.82, 2.24) is 10.2 Å². The van der Waals surface area contributed by atoms with E-state index in [-0.39, 0.29) is 17.5 Å². The predicted octanol–water partition coefficient (Wildman–Crippen LogP) is 2.60. The summed E-state index contributed by atoms with van der Waals surface area (Å²) in [5, 5.41) is 19.5. The van der Waals surface area contributed by atoms with Gasteiger partial charge in [-0.3, -0.25) is 19.7 Å². The second kappa shape index (κ2) is 11.5. The van der Waals surface area contributed by atoms with E-state index in [1.165, 1.54) is 12.1 Å². The molecule has 0 aliphatic rings. The molecule has 30 heavy (non-hydrogen) atoms. The molecule has 0 spiro atoms. The molecule has 0 unspecified atom stereocenters. The first-order valence-corrected chi connectivity index (χ1v) is 9.62. The maximum absolute atomic E-state index is 12.0. The van der Waals surface area contributed by atoms with Gasteiger partial charge in [0.2, 0.25) is 11.8 Å². The van der Waals surface area contributed by atoms with Gasteiger partial charge in [-0.2, -0.15) is 0 Å². The number of nitrogens with one attached hydrogen (secondary N) is 3. The Labute approximate surface area is 175 Å². The smallest absolute Gasteiger partial charge is 0.269 e. The lowest BCUT2D eigenvalue weighted by Crippen LogP contribution is -2.27. The first kappa shape index (κ1) is 22.8. The third kappa shape index (κ3) is 8.27. The minimum atomic E-state index is -0.443. The van der Waals surface area contributed by atoms with Gasteiger partial charge in [0.05, 0.1) is 11.5 Å². The van der Waals surface area contributed by atoms with Crippen LogP contribution in [0.1, 0.15) is 18.4 Å². The van der Waals surface area contributed by atoms with Crippen LogP contribution in [0.4, 0.5) is 17.1 Å². The standard InChI is InChI=1S/C21H27N5O4/c1-25(2)15-21(28)24-18-6-3-5-16(13-18)14-23-20(27)7-4-12-22-17-8-10-19(11-9-17)26(29)30/h3,5-6,8-11,13,22H,4,7,12,14-15H2,1-2H3,(H,23,27)(H,24,28). The molecule has 0 heterocycles. The number of nitro groups is 1. The van der Waals surface area contributed by atoms with Crippen molar-refractivity contribution in [2.24, 2.45) is 0 Å². The number of hydrogen-bond acceptors (Lipinski definition) is 6. The molecule has 2 aromatic carbocycles. The summed E-state index contributed by atoms with van der Waals surface area (Å²) in [6, 6.07) is 13.5. The zero-order valence-electron chi connectivity index (χ0n) is 17.2. The Bertz CT molecular complexity index is 868. The summed E-state index contributed by atoms with van der Waals surface area (Å²) >= 11 is 0. The van der Waals surface area contributed by atoms with Crippen LogP contribution >= 0.6 is 0 Å². The van der Waals surface area contributed by atoms with Crippen molar-refractivity contribution in [3.63, 3.8) is 0 Å². The fourth-order valence-corrected chi connectivity index (χ4v) is 2.72. The molecule has 0 bridgehead atoms. The van der Waals surface area contributed by atoms with Crippen molar-refractivity contribution in [3.8, 4) is 0 Å². The van der Waals surface area contributed by atoms with Crippen molar-refractivity contribution >= 4 is 28.9 Å². The Balaban J connectivity index is 1.68. The Morgan fingerprint density at radius 2 is 1.77 bits per heavy atom. The number of rotatable bonds is 11. The molecule has 0 aliphatic heterocycles. The molecule has 9 heteroatoms. The highest BCUT2D eigenvalue weighted by molar-refractivity contribution is 5.92. The van der Waals surface area contributed by atoms with Crippen LogP contribution in [0.5, 0.6) is 0 Å². The van der Waals surface area contributed by atoms with Gasteiger partial charge in [0, 0.05) is 43.0 Å². The lowest BCUT2D eigenvalue weighted by Gasteiger charge is -2.11. The Hall–Kier alpha value is -3.46. The van der Waals surface area contributed by atoms with Gasteiger partial charge >= 0.3 is 0 Å². The van der Waals surface area contributed by atoms with Crippen LogP contribution in [0.15, 0.2) is 48.5 Å². The van der Waals surface area contributed by atoms with Crippen LogP contribution in [0.25, 0.3) is 0 Å². The van der Waals surface area contributed by atoms with Gasteiger partial charge in [0.25, 0.3) is 5.69 Å². The summed E-state index contributed by atoms with van der Waals surface area (Å²) in [7, 11) is 3.65. The summed E-state index contributed by atoms with van der Waals surface area (Å²) in [5.74, 6) is -0.163. The first-order chi connectivity index (χ1) is 14.3. The number of amides is 2. The molecule has 2 rings (SSSR count).